The smallest absolute Gasteiger partial charge is 0.251 e. The SMILES string of the molecule is Cc1c(C(C)NC(=O)CNC(=O)c2ccc(Br)cc2)oc2ccc(F)cc12. The molecule has 0 spiro atoms. The molecule has 2 N–H and O–H groups in total. The van der Waals surface area contributed by atoms with Crippen molar-refractivity contribution in [3.63, 3.8) is 0 Å². The summed E-state index contributed by atoms with van der Waals surface area (Å²) in [6.45, 7) is 3.43. The van der Waals surface area contributed by atoms with E-state index >= 15 is 0 Å². The Labute approximate surface area is 164 Å². The zero-order valence-electron chi connectivity index (χ0n) is 14.8. The van der Waals surface area contributed by atoms with Crippen molar-refractivity contribution < 1.29 is 18.4 Å². The first-order valence-electron chi connectivity index (χ1n) is 8.37. The Kier molecular flexibility index (Phi) is 5.60. The van der Waals surface area contributed by atoms with Gasteiger partial charge in [-0.3, -0.25) is 9.59 Å². The first-order chi connectivity index (χ1) is 12.8. The standard InChI is InChI=1S/C20H18BrFN2O3/c1-11-16-9-15(22)7-8-17(16)27-19(11)12(2)24-18(25)10-23-20(26)13-3-5-14(21)6-4-13/h3-9,12H,10H2,1-2H3,(H,23,26)(H,24,25). The van der Waals surface area contributed by atoms with Gasteiger partial charge in [-0.15, -0.1) is 0 Å². The van der Waals surface area contributed by atoms with Crippen LogP contribution in [0.2, 0.25) is 0 Å². The largest absolute Gasteiger partial charge is 0.459 e. The first-order valence-corrected chi connectivity index (χ1v) is 9.16. The number of carbonyl (C=O) groups excluding carboxylic acids is 2. The molecule has 2 amide bonds. The maximum absolute atomic E-state index is 13.4. The molecule has 1 aromatic heterocycles. The van der Waals surface area contributed by atoms with Crippen molar-refractivity contribution in [2.75, 3.05) is 6.54 Å². The van der Waals surface area contributed by atoms with E-state index in [0.29, 0.717) is 22.3 Å². The Morgan fingerprint density at radius 1 is 1.19 bits per heavy atom. The lowest BCUT2D eigenvalue weighted by molar-refractivity contribution is -0.120. The van der Waals surface area contributed by atoms with Crippen LogP contribution in [-0.4, -0.2) is 18.4 Å². The highest BCUT2D eigenvalue weighted by molar-refractivity contribution is 9.10. The minimum Gasteiger partial charge on any atom is -0.459 e. The molecule has 0 radical (unpaired) electrons. The minimum absolute atomic E-state index is 0.160. The Morgan fingerprint density at radius 2 is 1.89 bits per heavy atom. The number of hydrogen-bond donors (Lipinski definition) is 2. The summed E-state index contributed by atoms with van der Waals surface area (Å²) >= 11 is 3.30. The number of nitrogens with one attached hydrogen (secondary N) is 2. The van der Waals surface area contributed by atoms with Crippen LogP contribution in [0.3, 0.4) is 0 Å². The third kappa shape index (κ3) is 4.36. The Bertz CT molecular complexity index is 998. The Hall–Kier alpha value is -2.67. The van der Waals surface area contributed by atoms with Gasteiger partial charge in [0, 0.05) is 21.0 Å². The molecule has 0 aliphatic heterocycles. The quantitative estimate of drug-likeness (QED) is 0.632. The number of halogens is 2. The van der Waals surface area contributed by atoms with Gasteiger partial charge in [-0.2, -0.15) is 0 Å². The number of amides is 2. The summed E-state index contributed by atoms with van der Waals surface area (Å²) in [6.07, 6.45) is 0. The summed E-state index contributed by atoms with van der Waals surface area (Å²) in [5, 5.41) is 6.03. The van der Waals surface area contributed by atoms with Gasteiger partial charge in [0.1, 0.15) is 17.2 Å². The van der Waals surface area contributed by atoms with E-state index in [4.69, 9.17) is 4.42 Å². The lowest BCUT2D eigenvalue weighted by Gasteiger charge is -2.13. The third-order valence-electron chi connectivity index (χ3n) is 4.22. The lowest BCUT2D eigenvalue weighted by Crippen LogP contribution is -2.38. The van der Waals surface area contributed by atoms with Gasteiger partial charge in [0.05, 0.1) is 12.6 Å². The zero-order valence-corrected chi connectivity index (χ0v) is 16.4. The summed E-state index contributed by atoms with van der Waals surface area (Å²) in [5.41, 5.74) is 1.80. The van der Waals surface area contributed by atoms with Gasteiger partial charge in [0.25, 0.3) is 5.91 Å². The summed E-state index contributed by atoms with van der Waals surface area (Å²) in [6, 6.07) is 10.7. The van der Waals surface area contributed by atoms with Gasteiger partial charge in [0.2, 0.25) is 5.91 Å². The van der Waals surface area contributed by atoms with Crippen molar-refractivity contribution in [1.29, 1.82) is 0 Å². The van der Waals surface area contributed by atoms with Crippen LogP contribution in [0.25, 0.3) is 11.0 Å². The summed E-state index contributed by atoms with van der Waals surface area (Å²) in [7, 11) is 0. The van der Waals surface area contributed by atoms with Crippen LogP contribution < -0.4 is 10.6 Å². The lowest BCUT2D eigenvalue weighted by atomic mass is 10.1. The normalized spacial score (nSPS) is 12.0. The highest BCUT2D eigenvalue weighted by Gasteiger charge is 2.19. The maximum atomic E-state index is 13.4. The molecule has 2 aromatic carbocycles. The van der Waals surface area contributed by atoms with Gasteiger partial charge in [-0.25, -0.2) is 4.39 Å². The second kappa shape index (κ2) is 7.92. The van der Waals surface area contributed by atoms with Gasteiger partial charge in [0.15, 0.2) is 0 Å². The van der Waals surface area contributed by atoms with Crippen molar-refractivity contribution in [3.8, 4) is 0 Å². The minimum atomic E-state index is -0.419. The predicted molar refractivity (Wildman–Crippen MR) is 104 cm³/mol. The number of furan rings is 1. The molecule has 140 valence electrons. The fraction of sp³-hybridized carbons (Fsp3) is 0.200. The highest BCUT2D eigenvalue weighted by Crippen LogP contribution is 2.29. The first kappa shape index (κ1) is 19.1. The van der Waals surface area contributed by atoms with Crippen LogP contribution in [0.5, 0.6) is 0 Å². The van der Waals surface area contributed by atoms with E-state index in [1.807, 2.05) is 6.92 Å². The number of aryl methyl sites for hydroxylation is 1. The van der Waals surface area contributed by atoms with Crippen molar-refractivity contribution in [3.05, 3.63) is 69.6 Å². The summed E-state index contributed by atoms with van der Waals surface area (Å²) in [4.78, 5) is 24.2. The van der Waals surface area contributed by atoms with E-state index in [2.05, 4.69) is 26.6 Å². The molecule has 27 heavy (non-hydrogen) atoms. The van der Waals surface area contributed by atoms with E-state index in [1.54, 1.807) is 37.3 Å². The van der Waals surface area contributed by atoms with Gasteiger partial charge < -0.3 is 15.1 Å². The van der Waals surface area contributed by atoms with E-state index in [9.17, 15) is 14.0 Å². The molecule has 0 aliphatic carbocycles. The van der Waals surface area contributed by atoms with Gasteiger partial charge in [-0.05, 0) is 56.3 Å². The van der Waals surface area contributed by atoms with Crippen molar-refractivity contribution in [1.82, 2.24) is 10.6 Å². The molecule has 5 nitrogen and oxygen atoms in total. The average Bonchev–Trinajstić information content (AvgIpc) is 2.96. The van der Waals surface area contributed by atoms with E-state index in [1.165, 1.54) is 12.1 Å². The molecular weight excluding hydrogens is 415 g/mol. The average molecular weight is 433 g/mol. The van der Waals surface area contributed by atoms with E-state index in [-0.39, 0.29) is 24.2 Å². The molecule has 1 atom stereocenters. The monoisotopic (exact) mass is 432 g/mol. The van der Waals surface area contributed by atoms with Crippen molar-refractivity contribution in [2.45, 2.75) is 19.9 Å². The fourth-order valence-corrected chi connectivity index (χ4v) is 3.11. The number of carbonyl (C=O) groups is 2. The van der Waals surface area contributed by atoms with Gasteiger partial charge in [-0.1, -0.05) is 15.9 Å². The number of rotatable bonds is 5. The third-order valence-corrected chi connectivity index (χ3v) is 4.75. The van der Waals surface area contributed by atoms with Crippen molar-refractivity contribution in [2.24, 2.45) is 0 Å². The van der Waals surface area contributed by atoms with Crippen LogP contribution in [0, 0.1) is 12.7 Å². The molecule has 0 aliphatic rings. The molecule has 1 unspecified atom stereocenters. The molecule has 3 rings (SSSR count). The van der Waals surface area contributed by atoms with Crippen LogP contribution in [0.4, 0.5) is 4.39 Å². The van der Waals surface area contributed by atoms with E-state index in [0.717, 1.165) is 10.0 Å². The number of benzene rings is 2. The van der Waals surface area contributed by atoms with Crippen LogP contribution in [-0.2, 0) is 4.79 Å². The number of fused-ring (bicyclic) bond motifs is 1. The van der Waals surface area contributed by atoms with Crippen molar-refractivity contribution >= 4 is 38.7 Å². The van der Waals surface area contributed by atoms with Crippen LogP contribution in [0.15, 0.2) is 51.4 Å². The Morgan fingerprint density at radius 3 is 2.59 bits per heavy atom. The zero-order chi connectivity index (χ0) is 19.6. The number of hydrogen-bond acceptors (Lipinski definition) is 3. The maximum Gasteiger partial charge on any atom is 0.251 e. The second-order valence-electron chi connectivity index (χ2n) is 6.21. The van der Waals surface area contributed by atoms with Crippen LogP contribution in [0.1, 0.15) is 34.6 Å². The van der Waals surface area contributed by atoms with Crippen LogP contribution >= 0.6 is 15.9 Å². The molecule has 0 saturated heterocycles. The Balaban J connectivity index is 1.61. The predicted octanol–water partition coefficient (Wildman–Crippen LogP) is 4.25. The highest BCUT2D eigenvalue weighted by atomic mass is 79.9. The fourth-order valence-electron chi connectivity index (χ4n) is 2.85. The molecule has 1 heterocycles. The molecule has 0 fully saturated rings. The molecule has 0 saturated carbocycles. The molecule has 0 bridgehead atoms. The molecule has 7 heteroatoms. The molecular formula is C20H18BrFN2O3. The summed E-state index contributed by atoms with van der Waals surface area (Å²) < 4.78 is 20.0. The van der Waals surface area contributed by atoms with E-state index < -0.39 is 6.04 Å². The second-order valence-corrected chi connectivity index (χ2v) is 7.13. The summed E-state index contributed by atoms with van der Waals surface area (Å²) in [5.74, 6) is -0.465. The topological polar surface area (TPSA) is 71.3 Å². The van der Waals surface area contributed by atoms with Gasteiger partial charge >= 0.3 is 0 Å². The molecule has 3 aromatic rings.